The molecule has 4 rings (SSSR count). The van der Waals surface area contributed by atoms with Crippen LogP contribution < -0.4 is 5.32 Å². The second-order valence-corrected chi connectivity index (χ2v) is 16.0. The Morgan fingerprint density at radius 3 is 2.26 bits per heavy atom. The first-order valence-corrected chi connectivity index (χ1v) is 16.8. The SMILES string of the molecule is CC[C@@H]1[C@@H]2C[C@H](O)CC[C@]2(C)C2CC[C@@]3(C)C(CC[C@@H]3[C@@H](C)C[C@H](C)C(=O)NCCS(=O)(=O)O)C2[C@]1(C)O. The summed E-state index contributed by atoms with van der Waals surface area (Å²) < 4.78 is 30.9. The fraction of sp³-hybridized carbons (Fsp3) is 0.967. The van der Waals surface area contributed by atoms with E-state index in [1.807, 2.05) is 6.92 Å². The molecule has 4 aliphatic carbocycles. The van der Waals surface area contributed by atoms with E-state index in [4.69, 9.17) is 4.55 Å². The molecule has 4 saturated carbocycles. The van der Waals surface area contributed by atoms with Gasteiger partial charge in [0.15, 0.2) is 0 Å². The highest BCUT2D eigenvalue weighted by atomic mass is 32.2. The average Bonchev–Trinajstić information content (AvgIpc) is 3.16. The number of aliphatic hydroxyl groups is 2. The van der Waals surface area contributed by atoms with Gasteiger partial charge in [-0.15, -0.1) is 0 Å². The summed E-state index contributed by atoms with van der Waals surface area (Å²) in [6.07, 6.45) is 8.71. The van der Waals surface area contributed by atoms with Gasteiger partial charge in [0, 0.05) is 12.5 Å². The smallest absolute Gasteiger partial charge is 0.266 e. The molecule has 0 spiro atoms. The molecule has 12 atom stereocenters. The lowest BCUT2D eigenvalue weighted by Crippen LogP contribution is -2.66. The first kappa shape index (κ1) is 30.3. The van der Waals surface area contributed by atoms with Crippen molar-refractivity contribution in [2.45, 2.75) is 111 Å². The molecule has 0 aromatic heterocycles. The van der Waals surface area contributed by atoms with Crippen molar-refractivity contribution in [1.29, 1.82) is 0 Å². The van der Waals surface area contributed by atoms with Crippen molar-refractivity contribution in [1.82, 2.24) is 5.32 Å². The summed E-state index contributed by atoms with van der Waals surface area (Å²) in [4.78, 5) is 12.6. The van der Waals surface area contributed by atoms with Crippen molar-refractivity contribution in [2.24, 2.45) is 58.2 Å². The Labute approximate surface area is 230 Å². The van der Waals surface area contributed by atoms with Crippen LogP contribution in [-0.4, -0.2) is 53.1 Å². The molecule has 220 valence electrons. The maximum Gasteiger partial charge on any atom is 0.266 e. The molecule has 0 bridgehead atoms. The fourth-order valence-corrected chi connectivity index (χ4v) is 11.1. The monoisotopic (exact) mass is 555 g/mol. The Morgan fingerprint density at radius 2 is 1.63 bits per heavy atom. The van der Waals surface area contributed by atoms with Crippen LogP contribution >= 0.6 is 0 Å². The molecule has 4 N–H and O–H groups in total. The van der Waals surface area contributed by atoms with Crippen LogP contribution in [0, 0.1) is 58.2 Å². The summed E-state index contributed by atoms with van der Waals surface area (Å²) in [7, 11) is -4.09. The van der Waals surface area contributed by atoms with Gasteiger partial charge < -0.3 is 15.5 Å². The maximum absolute atomic E-state index is 12.6. The van der Waals surface area contributed by atoms with Crippen molar-refractivity contribution in [2.75, 3.05) is 12.3 Å². The van der Waals surface area contributed by atoms with E-state index in [9.17, 15) is 23.4 Å². The predicted octanol–water partition coefficient (Wildman–Crippen LogP) is 4.67. The van der Waals surface area contributed by atoms with Crippen LogP contribution in [0.1, 0.15) is 99.3 Å². The predicted molar refractivity (Wildman–Crippen MR) is 149 cm³/mol. The van der Waals surface area contributed by atoms with Crippen LogP contribution in [-0.2, 0) is 14.9 Å². The third-order valence-electron chi connectivity index (χ3n) is 12.5. The summed E-state index contributed by atoms with van der Waals surface area (Å²) in [5.41, 5.74) is -0.445. The second kappa shape index (κ2) is 10.6. The largest absolute Gasteiger partial charge is 0.393 e. The van der Waals surface area contributed by atoms with Gasteiger partial charge in [-0.2, -0.15) is 8.42 Å². The van der Waals surface area contributed by atoms with E-state index in [2.05, 4.69) is 39.9 Å². The van der Waals surface area contributed by atoms with E-state index >= 15 is 0 Å². The summed E-state index contributed by atoms with van der Waals surface area (Å²) in [6, 6.07) is 0. The third kappa shape index (κ3) is 5.21. The molecule has 0 radical (unpaired) electrons. The molecule has 7 nitrogen and oxygen atoms in total. The third-order valence-corrected chi connectivity index (χ3v) is 13.2. The van der Waals surface area contributed by atoms with Gasteiger partial charge in [0.2, 0.25) is 5.91 Å². The van der Waals surface area contributed by atoms with Crippen LogP contribution in [0.25, 0.3) is 0 Å². The number of hydrogen-bond donors (Lipinski definition) is 4. The molecule has 3 unspecified atom stereocenters. The van der Waals surface area contributed by atoms with E-state index < -0.39 is 21.5 Å². The number of nitrogens with one attached hydrogen (secondary N) is 1. The van der Waals surface area contributed by atoms with E-state index in [0.29, 0.717) is 29.6 Å². The van der Waals surface area contributed by atoms with Crippen LogP contribution in [0.2, 0.25) is 0 Å². The van der Waals surface area contributed by atoms with Crippen molar-refractivity contribution in [3.63, 3.8) is 0 Å². The van der Waals surface area contributed by atoms with Crippen molar-refractivity contribution in [3.05, 3.63) is 0 Å². The number of amides is 1. The zero-order chi connectivity index (χ0) is 28.3. The molecule has 4 aliphatic rings. The molecule has 8 heteroatoms. The summed E-state index contributed by atoms with van der Waals surface area (Å²) in [5, 5.41) is 25.6. The molecule has 0 aliphatic heterocycles. The van der Waals surface area contributed by atoms with E-state index in [1.54, 1.807) is 0 Å². The topological polar surface area (TPSA) is 124 Å². The van der Waals surface area contributed by atoms with Gasteiger partial charge in [-0.25, -0.2) is 0 Å². The van der Waals surface area contributed by atoms with Gasteiger partial charge in [-0.3, -0.25) is 9.35 Å². The first-order valence-electron chi connectivity index (χ1n) is 15.2. The molecule has 38 heavy (non-hydrogen) atoms. The summed E-state index contributed by atoms with van der Waals surface area (Å²) >= 11 is 0. The Bertz CT molecular complexity index is 983. The number of fused-ring (bicyclic) bond motifs is 5. The Balaban J connectivity index is 1.51. The van der Waals surface area contributed by atoms with Crippen molar-refractivity contribution in [3.8, 4) is 0 Å². The second-order valence-electron chi connectivity index (χ2n) is 14.4. The molecular formula is C30H53NO6S. The minimum atomic E-state index is -4.09. The fourth-order valence-electron chi connectivity index (χ4n) is 10.8. The standard InChI is InChI=1S/C30H53NO6S/c1-7-21-25-17-20(32)10-12-29(25,5)24-11-13-28(4)22(8-9-23(28)26(24)30(21,6)34)18(2)16-19(3)27(33)31-14-15-38(35,36)37/h18-26,32,34H,7-17H2,1-6H3,(H,31,33)(H,35,36,37)/t18-,19-,20+,21+,22+,23?,24?,25-,26?,28+,29+,30+/m0/s1. The van der Waals surface area contributed by atoms with Gasteiger partial charge >= 0.3 is 0 Å². The molecular weight excluding hydrogens is 502 g/mol. The summed E-state index contributed by atoms with van der Waals surface area (Å²) in [6.45, 7) is 13.3. The molecule has 4 fully saturated rings. The minimum absolute atomic E-state index is 0.0762. The van der Waals surface area contributed by atoms with Crippen LogP contribution in [0.4, 0.5) is 0 Å². The molecule has 0 aromatic carbocycles. The number of aliphatic hydroxyl groups excluding tert-OH is 1. The quantitative estimate of drug-likeness (QED) is 0.323. The molecule has 1 amide bonds. The van der Waals surface area contributed by atoms with Gasteiger partial charge in [-0.05, 0) is 111 Å². The maximum atomic E-state index is 12.6. The lowest BCUT2D eigenvalue weighted by atomic mass is 9.38. The minimum Gasteiger partial charge on any atom is -0.393 e. The highest BCUT2D eigenvalue weighted by molar-refractivity contribution is 7.85. The zero-order valence-electron chi connectivity index (χ0n) is 24.4. The Hall–Kier alpha value is -0.700. The van der Waals surface area contributed by atoms with E-state index in [1.165, 1.54) is 0 Å². The lowest BCUT2D eigenvalue weighted by molar-refractivity contribution is -0.245. The van der Waals surface area contributed by atoms with Gasteiger partial charge in [0.25, 0.3) is 10.1 Å². The number of carbonyl (C=O) groups is 1. The molecule has 0 aromatic rings. The van der Waals surface area contributed by atoms with Crippen LogP contribution in [0.5, 0.6) is 0 Å². The van der Waals surface area contributed by atoms with Gasteiger partial charge in [0.05, 0.1) is 17.5 Å². The van der Waals surface area contributed by atoms with Crippen molar-refractivity contribution >= 4 is 16.0 Å². The van der Waals surface area contributed by atoms with E-state index in [-0.39, 0.29) is 47.1 Å². The van der Waals surface area contributed by atoms with Gasteiger partial charge in [0.1, 0.15) is 0 Å². The normalized spacial score (nSPS) is 46.4. The van der Waals surface area contributed by atoms with Crippen LogP contribution in [0.15, 0.2) is 0 Å². The number of carbonyl (C=O) groups excluding carboxylic acids is 1. The number of rotatable bonds is 8. The lowest BCUT2D eigenvalue weighted by Gasteiger charge is -2.68. The zero-order valence-corrected chi connectivity index (χ0v) is 25.3. The molecule has 0 saturated heterocycles. The Morgan fingerprint density at radius 1 is 1.00 bits per heavy atom. The first-order chi connectivity index (χ1) is 17.6. The number of hydrogen-bond acceptors (Lipinski definition) is 5. The highest BCUT2D eigenvalue weighted by Crippen LogP contribution is 2.71. The molecule has 0 heterocycles. The van der Waals surface area contributed by atoms with E-state index in [0.717, 1.165) is 57.8 Å². The summed E-state index contributed by atoms with van der Waals surface area (Å²) in [5.74, 6) is 1.73. The van der Waals surface area contributed by atoms with Gasteiger partial charge in [-0.1, -0.05) is 41.0 Å². The Kier molecular flexibility index (Phi) is 8.45. The van der Waals surface area contributed by atoms with Crippen molar-refractivity contribution < 1.29 is 28.0 Å². The van der Waals surface area contributed by atoms with Crippen LogP contribution in [0.3, 0.4) is 0 Å². The highest BCUT2D eigenvalue weighted by Gasteiger charge is 2.68. The average molecular weight is 556 g/mol.